The molecule has 29 heavy (non-hydrogen) atoms. The molecule has 1 saturated heterocycles. The molecule has 154 valence electrons. The van der Waals surface area contributed by atoms with Crippen molar-refractivity contribution in [3.63, 3.8) is 0 Å². The van der Waals surface area contributed by atoms with Crippen molar-refractivity contribution < 1.29 is 0 Å². The van der Waals surface area contributed by atoms with Gasteiger partial charge in [0.1, 0.15) is 0 Å². The monoisotopic (exact) mass is 506 g/mol. The second-order valence-electron chi connectivity index (χ2n) is 6.61. The van der Waals surface area contributed by atoms with Crippen LogP contribution in [0.5, 0.6) is 0 Å². The Kier molecular flexibility index (Phi) is 7.70. The minimum absolute atomic E-state index is 0.167. The van der Waals surface area contributed by atoms with E-state index in [0.717, 1.165) is 31.0 Å². The lowest BCUT2D eigenvalue weighted by Gasteiger charge is -2.42. The van der Waals surface area contributed by atoms with Crippen LogP contribution in [0.15, 0.2) is 36.4 Å². The smallest absolute Gasteiger partial charge is 0.173 e. The van der Waals surface area contributed by atoms with Crippen molar-refractivity contribution in [3.8, 4) is 0 Å². The van der Waals surface area contributed by atoms with Gasteiger partial charge >= 0.3 is 0 Å². The summed E-state index contributed by atoms with van der Waals surface area (Å²) in [6.07, 6.45) is 0. The zero-order chi connectivity index (χ0) is 21.1. The first-order chi connectivity index (χ1) is 13.7. The van der Waals surface area contributed by atoms with Gasteiger partial charge < -0.3 is 20.4 Å². The van der Waals surface area contributed by atoms with E-state index in [9.17, 15) is 0 Å². The van der Waals surface area contributed by atoms with Crippen LogP contribution < -0.4 is 10.6 Å². The summed E-state index contributed by atoms with van der Waals surface area (Å²) in [5.74, 6) is 0. The van der Waals surface area contributed by atoms with E-state index >= 15 is 0 Å². The fraction of sp³-hybridized carbons (Fsp3) is 0.263. The molecule has 1 aliphatic heterocycles. The number of nitrogens with one attached hydrogen (secondary N) is 2. The third-order valence-corrected chi connectivity index (χ3v) is 6.69. The number of hydrogen-bond donors (Lipinski definition) is 2. The summed E-state index contributed by atoms with van der Waals surface area (Å²) >= 11 is 35.2. The molecule has 0 aromatic heterocycles. The molecule has 1 atom stereocenters. The second-order valence-corrected chi connectivity index (χ2v) is 9.01. The fourth-order valence-electron chi connectivity index (χ4n) is 2.99. The Labute approximate surface area is 201 Å². The van der Waals surface area contributed by atoms with E-state index in [4.69, 9.17) is 70.8 Å². The van der Waals surface area contributed by atoms with Crippen LogP contribution in [0.25, 0.3) is 0 Å². The summed E-state index contributed by atoms with van der Waals surface area (Å²) < 4.78 is 0. The molecule has 0 unspecified atom stereocenters. The average molecular weight is 508 g/mol. The van der Waals surface area contributed by atoms with Crippen LogP contribution in [-0.4, -0.2) is 45.7 Å². The molecule has 1 heterocycles. The van der Waals surface area contributed by atoms with Gasteiger partial charge in [-0.05, 0) is 67.8 Å². The Morgan fingerprint density at radius 3 is 1.83 bits per heavy atom. The summed E-state index contributed by atoms with van der Waals surface area (Å²) in [5.41, 5.74) is 1.60. The van der Waals surface area contributed by atoms with Crippen molar-refractivity contribution >= 4 is 92.4 Å². The molecule has 0 aliphatic carbocycles. The molecule has 2 aromatic rings. The lowest BCUT2D eigenvalue weighted by molar-refractivity contribution is 0.200. The minimum Gasteiger partial charge on any atom is -0.345 e. The molecule has 10 heteroatoms. The number of nitrogens with zero attached hydrogens (tertiary/aromatic N) is 2. The first kappa shape index (κ1) is 22.7. The van der Waals surface area contributed by atoms with E-state index < -0.39 is 0 Å². The van der Waals surface area contributed by atoms with E-state index in [1.54, 1.807) is 24.3 Å². The van der Waals surface area contributed by atoms with Crippen LogP contribution in [0.4, 0.5) is 11.4 Å². The number of rotatable bonds is 2. The van der Waals surface area contributed by atoms with Gasteiger partial charge in [0, 0.05) is 37.1 Å². The summed E-state index contributed by atoms with van der Waals surface area (Å²) in [7, 11) is 0. The molecule has 2 N–H and O–H groups in total. The van der Waals surface area contributed by atoms with Crippen LogP contribution in [0.2, 0.25) is 20.1 Å². The minimum atomic E-state index is 0.167. The first-order valence-electron chi connectivity index (χ1n) is 8.78. The molecule has 0 spiro atoms. The maximum atomic E-state index is 6.08. The van der Waals surface area contributed by atoms with Crippen LogP contribution >= 0.6 is 70.8 Å². The lowest BCUT2D eigenvalue weighted by Crippen LogP contribution is -2.57. The summed E-state index contributed by atoms with van der Waals surface area (Å²) in [4.78, 5) is 4.25. The summed E-state index contributed by atoms with van der Waals surface area (Å²) in [6.45, 7) is 4.31. The van der Waals surface area contributed by atoms with Gasteiger partial charge in [-0.15, -0.1) is 0 Å². The van der Waals surface area contributed by atoms with Crippen molar-refractivity contribution in [3.05, 3.63) is 56.5 Å². The Hall–Kier alpha value is -1.02. The van der Waals surface area contributed by atoms with Crippen molar-refractivity contribution in [2.75, 3.05) is 30.3 Å². The summed E-state index contributed by atoms with van der Waals surface area (Å²) in [6, 6.07) is 10.8. The van der Waals surface area contributed by atoms with Crippen molar-refractivity contribution in [1.82, 2.24) is 9.80 Å². The van der Waals surface area contributed by atoms with Gasteiger partial charge in [0.2, 0.25) is 0 Å². The fourth-order valence-corrected chi connectivity index (χ4v) is 4.26. The average Bonchev–Trinajstić information content (AvgIpc) is 2.67. The number of thiocarbonyl (C=S) groups is 2. The van der Waals surface area contributed by atoms with Crippen molar-refractivity contribution in [2.45, 2.75) is 13.0 Å². The Balaban J connectivity index is 1.57. The number of hydrogen-bond acceptors (Lipinski definition) is 2. The normalized spacial score (nSPS) is 16.5. The Morgan fingerprint density at radius 1 is 0.828 bits per heavy atom. The lowest BCUT2D eigenvalue weighted by atomic mass is 10.2. The molecular weight excluding hydrogens is 490 g/mol. The van der Waals surface area contributed by atoms with Gasteiger partial charge in [0.25, 0.3) is 0 Å². The highest BCUT2D eigenvalue weighted by Crippen LogP contribution is 2.26. The van der Waals surface area contributed by atoms with Crippen LogP contribution in [0.3, 0.4) is 0 Å². The topological polar surface area (TPSA) is 30.5 Å². The number of anilines is 2. The van der Waals surface area contributed by atoms with E-state index in [-0.39, 0.29) is 6.04 Å². The predicted octanol–water partition coefficient (Wildman–Crippen LogP) is 6.40. The number of piperazine rings is 1. The SMILES string of the molecule is C[C@H]1CN(C(=S)Nc2ccc(Cl)c(Cl)c2)CCN1C(=S)Nc1ccc(Cl)c(Cl)c1. The highest BCUT2D eigenvalue weighted by atomic mass is 35.5. The molecule has 3 rings (SSSR count). The maximum Gasteiger partial charge on any atom is 0.173 e. The van der Waals surface area contributed by atoms with Crippen molar-refractivity contribution in [2.24, 2.45) is 0 Å². The highest BCUT2D eigenvalue weighted by molar-refractivity contribution is 7.80. The van der Waals surface area contributed by atoms with Crippen LogP contribution in [-0.2, 0) is 0 Å². The molecule has 0 saturated carbocycles. The molecule has 1 fully saturated rings. The van der Waals surface area contributed by atoms with E-state index in [2.05, 4.69) is 27.4 Å². The predicted molar refractivity (Wildman–Crippen MR) is 133 cm³/mol. The van der Waals surface area contributed by atoms with Gasteiger partial charge in [0.15, 0.2) is 10.2 Å². The van der Waals surface area contributed by atoms with Gasteiger partial charge in [-0.25, -0.2) is 0 Å². The van der Waals surface area contributed by atoms with E-state index in [0.29, 0.717) is 30.3 Å². The third kappa shape index (κ3) is 5.78. The summed E-state index contributed by atoms with van der Waals surface area (Å²) in [5, 5.41) is 9.70. The third-order valence-electron chi connectivity index (χ3n) is 4.52. The zero-order valence-corrected chi connectivity index (χ0v) is 20.0. The molecule has 2 aromatic carbocycles. The second kappa shape index (κ2) is 9.86. The van der Waals surface area contributed by atoms with Crippen molar-refractivity contribution in [1.29, 1.82) is 0 Å². The maximum absolute atomic E-state index is 6.08. The Bertz CT molecular complexity index is 940. The highest BCUT2D eigenvalue weighted by Gasteiger charge is 2.27. The largest absolute Gasteiger partial charge is 0.345 e. The quantitative estimate of drug-likeness (QED) is 0.457. The van der Waals surface area contributed by atoms with Crippen LogP contribution in [0.1, 0.15) is 6.92 Å². The molecule has 4 nitrogen and oxygen atoms in total. The zero-order valence-electron chi connectivity index (χ0n) is 15.4. The molecule has 0 amide bonds. The van der Waals surface area contributed by atoms with Gasteiger partial charge in [-0.1, -0.05) is 46.4 Å². The van der Waals surface area contributed by atoms with Gasteiger partial charge in [-0.2, -0.15) is 0 Å². The molecular formula is C19H18Cl4N4S2. The molecule has 1 aliphatic rings. The van der Waals surface area contributed by atoms with E-state index in [1.165, 1.54) is 0 Å². The Morgan fingerprint density at radius 2 is 1.34 bits per heavy atom. The molecule has 0 bridgehead atoms. The number of benzene rings is 2. The van der Waals surface area contributed by atoms with Crippen LogP contribution in [0, 0.1) is 0 Å². The standard InChI is InChI=1S/C19H18Cl4N4S2/c1-11-10-26(18(28)24-12-2-4-14(20)16(22)8-12)6-7-27(11)19(29)25-13-3-5-15(21)17(23)9-13/h2-5,8-9,11H,6-7,10H2,1H3,(H,24,28)(H,25,29)/t11-/m0/s1. The first-order valence-corrected chi connectivity index (χ1v) is 11.1. The van der Waals surface area contributed by atoms with Gasteiger partial charge in [-0.3, -0.25) is 0 Å². The number of halogens is 4. The van der Waals surface area contributed by atoms with E-state index in [1.807, 2.05) is 12.1 Å². The van der Waals surface area contributed by atoms with Gasteiger partial charge in [0.05, 0.1) is 20.1 Å². The molecule has 0 radical (unpaired) electrons.